The van der Waals surface area contributed by atoms with Crippen LogP contribution in [0, 0.1) is 17.2 Å². The van der Waals surface area contributed by atoms with Crippen LogP contribution in [0.1, 0.15) is 37.4 Å². The van der Waals surface area contributed by atoms with Crippen molar-refractivity contribution in [2.75, 3.05) is 6.54 Å². The van der Waals surface area contributed by atoms with Crippen molar-refractivity contribution in [2.24, 2.45) is 11.1 Å². The van der Waals surface area contributed by atoms with Gasteiger partial charge in [-0.05, 0) is 63.6 Å². The second-order valence-electron chi connectivity index (χ2n) is 8.41. The van der Waals surface area contributed by atoms with Gasteiger partial charge in [0.15, 0.2) is 0 Å². The Morgan fingerprint density at radius 1 is 1.03 bits per heavy atom. The molecule has 4 N–H and O–H groups in total. The van der Waals surface area contributed by atoms with E-state index in [9.17, 15) is 13.2 Å². The van der Waals surface area contributed by atoms with Crippen molar-refractivity contribution in [3.63, 3.8) is 0 Å². The molecular weight excluding hydrogens is 468 g/mol. The SMILES string of the molecule is CC(C)C[C@H](N[C@@H](c1ccc(-c2ccc(S(N)(=O)=O)cc2)cc1)c1ccsc1)C(=O)NCC#N. The maximum Gasteiger partial charge on any atom is 0.238 e. The molecule has 9 heteroatoms. The number of benzene rings is 2. The Bertz CT molecular complexity index is 1230. The standard InChI is InChI=1S/C25H28N4O3S2/c1-17(2)15-23(25(30)28-13-12-26)29-24(21-11-14-33-16-21)20-5-3-18(4-6-20)19-7-9-22(10-8-19)34(27,31)32/h3-11,14,16-17,23-24,29H,13,15H2,1-2H3,(H,28,30)(H2,27,31,32)/t23-,24-/m0/s1. The Labute approximate surface area is 204 Å². The fourth-order valence-electron chi connectivity index (χ4n) is 3.70. The van der Waals surface area contributed by atoms with E-state index < -0.39 is 16.1 Å². The van der Waals surface area contributed by atoms with Gasteiger partial charge in [-0.3, -0.25) is 10.1 Å². The molecule has 0 saturated carbocycles. The zero-order chi connectivity index (χ0) is 24.7. The lowest BCUT2D eigenvalue weighted by Gasteiger charge is -2.26. The van der Waals surface area contributed by atoms with Crippen LogP contribution in [-0.2, 0) is 14.8 Å². The lowest BCUT2D eigenvalue weighted by Crippen LogP contribution is -2.46. The molecule has 34 heavy (non-hydrogen) atoms. The number of sulfonamides is 1. The zero-order valence-corrected chi connectivity index (χ0v) is 20.7. The minimum Gasteiger partial charge on any atom is -0.342 e. The average Bonchev–Trinajstić information content (AvgIpc) is 3.34. The van der Waals surface area contributed by atoms with E-state index in [0.29, 0.717) is 6.42 Å². The minimum atomic E-state index is -3.74. The molecule has 0 bridgehead atoms. The Morgan fingerprint density at radius 2 is 1.65 bits per heavy atom. The van der Waals surface area contributed by atoms with Gasteiger partial charge in [0.25, 0.3) is 0 Å². The summed E-state index contributed by atoms with van der Waals surface area (Å²) in [4.78, 5) is 12.8. The molecule has 1 aromatic heterocycles. The van der Waals surface area contributed by atoms with Crippen LogP contribution in [0.4, 0.5) is 0 Å². The normalized spacial score (nSPS) is 13.3. The van der Waals surface area contributed by atoms with Gasteiger partial charge in [-0.25, -0.2) is 13.6 Å². The summed E-state index contributed by atoms with van der Waals surface area (Å²) in [5.41, 5.74) is 3.84. The van der Waals surface area contributed by atoms with Crippen molar-refractivity contribution >= 4 is 27.3 Å². The van der Waals surface area contributed by atoms with Crippen LogP contribution in [0.15, 0.2) is 70.3 Å². The summed E-state index contributed by atoms with van der Waals surface area (Å²) < 4.78 is 23.0. The largest absolute Gasteiger partial charge is 0.342 e. The number of thiophene rings is 1. The van der Waals surface area contributed by atoms with Crippen LogP contribution in [0.2, 0.25) is 0 Å². The van der Waals surface area contributed by atoms with E-state index in [4.69, 9.17) is 10.4 Å². The van der Waals surface area contributed by atoms with Crippen molar-refractivity contribution in [2.45, 2.75) is 37.2 Å². The molecule has 178 valence electrons. The fraction of sp³-hybridized carbons (Fsp3) is 0.280. The fourth-order valence-corrected chi connectivity index (χ4v) is 4.90. The number of carbonyl (C=O) groups is 1. The number of carbonyl (C=O) groups excluding carboxylic acids is 1. The molecular formula is C25H28N4O3S2. The molecule has 0 aliphatic heterocycles. The van der Waals surface area contributed by atoms with Gasteiger partial charge in [0.05, 0.1) is 23.0 Å². The molecule has 0 unspecified atom stereocenters. The van der Waals surface area contributed by atoms with Crippen LogP contribution >= 0.6 is 11.3 Å². The van der Waals surface area contributed by atoms with E-state index in [0.717, 1.165) is 22.3 Å². The number of hydrogen-bond acceptors (Lipinski definition) is 6. The number of primary sulfonamides is 1. The molecule has 1 heterocycles. The third-order valence-corrected chi connectivity index (χ3v) is 7.00. The summed E-state index contributed by atoms with van der Waals surface area (Å²) >= 11 is 1.59. The Balaban J connectivity index is 1.88. The first-order valence-electron chi connectivity index (χ1n) is 10.8. The lowest BCUT2D eigenvalue weighted by molar-refractivity contribution is -0.123. The molecule has 3 rings (SSSR count). The predicted molar refractivity (Wildman–Crippen MR) is 134 cm³/mol. The molecule has 2 aromatic carbocycles. The molecule has 0 saturated heterocycles. The third kappa shape index (κ3) is 6.74. The van der Waals surface area contributed by atoms with Crippen molar-refractivity contribution < 1.29 is 13.2 Å². The summed E-state index contributed by atoms with van der Waals surface area (Å²) in [6, 6.07) is 17.7. The quantitative estimate of drug-likeness (QED) is 0.368. The molecule has 0 spiro atoms. The summed E-state index contributed by atoms with van der Waals surface area (Å²) in [5, 5.41) is 24.3. The van der Waals surface area contributed by atoms with Crippen LogP contribution in [0.3, 0.4) is 0 Å². The topological polar surface area (TPSA) is 125 Å². The summed E-state index contributed by atoms with van der Waals surface area (Å²) in [6.45, 7) is 4.08. The second kappa shape index (κ2) is 11.4. The molecule has 1 amide bonds. The minimum absolute atomic E-state index is 0.0306. The van der Waals surface area contributed by atoms with E-state index in [1.807, 2.05) is 41.8 Å². The van der Waals surface area contributed by atoms with E-state index in [2.05, 4.69) is 29.9 Å². The van der Waals surface area contributed by atoms with Gasteiger partial charge in [-0.1, -0.05) is 50.2 Å². The molecule has 0 fully saturated rings. The van der Waals surface area contributed by atoms with Gasteiger partial charge >= 0.3 is 0 Å². The lowest BCUT2D eigenvalue weighted by atomic mass is 9.95. The van der Waals surface area contributed by atoms with Crippen molar-refractivity contribution in [1.82, 2.24) is 10.6 Å². The first-order chi connectivity index (χ1) is 16.2. The number of nitriles is 1. The summed E-state index contributed by atoms with van der Waals surface area (Å²) in [7, 11) is -3.74. The molecule has 2 atom stereocenters. The highest BCUT2D eigenvalue weighted by Gasteiger charge is 2.25. The van der Waals surface area contributed by atoms with Crippen molar-refractivity contribution in [1.29, 1.82) is 5.26 Å². The number of rotatable bonds is 10. The molecule has 7 nitrogen and oxygen atoms in total. The van der Waals surface area contributed by atoms with Crippen LogP contribution < -0.4 is 15.8 Å². The first kappa shape index (κ1) is 25.6. The van der Waals surface area contributed by atoms with Crippen molar-refractivity contribution in [3.8, 4) is 17.2 Å². The molecule has 0 aliphatic carbocycles. The van der Waals surface area contributed by atoms with Crippen LogP contribution in [0.25, 0.3) is 11.1 Å². The van der Waals surface area contributed by atoms with E-state index in [-0.39, 0.29) is 29.3 Å². The highest BCUT2D eigenvalue weighted by atomic mass is 32.2. The second-order valence-corrected chi connectivity index (χ2v) is 10.7. The third-order valence-electron chi connectivity index (χ3n) is 5.37. The van der Waals surface area contributed by atoms with E-state index >= 15 is 0 Å². The smallest absolute Gasteiger partial charge is 0.238 e. The Morgan fingerprint density at radius 3 is 2.15 bits per heavy atom. The molecule has 0 radical (unpaired) electrons. The van der Waals surface area contributed by atoms with Crippen LogP contribution in [-0.4, -0.2) is 26.9 Å². The van der Waals surface area contributed by atoms with Gasteiger partial charge in [-0.2, -0.15) is 16.6 Å². The number of hydrogen-bond donors (Lipinski definition) is 3. The highest BCUT2D eigenvalue weighted by Crippen LogP contribution is 2.28. The number of nitrogens with one attached hydrogen (secondary N) is 2. The van der Waals surface area contributed by atoms with Crippen molar-refractivity contribution in [3.05, 3.63) is 76.5 Å². The summed E-state index contributed by atoms with van der Waals surface area (Å²) in [6.07, 6.45) is 0.631. The predicted octanol–water partition coefficient (Wildman–Crippen LogP) is 3.80. The van der Waals surface area contributed by atoms with Gasteiger partial charge in [0, 0.05) is 0 Å². The van der Waals surface area contributed by atoms with E-state index in [1.165, 1.54) is 12.1 Å². The van der Waals surface area contributed by atoms with E-state index in [1.54, 1.807) is 23.5 Å². The first-order valence-corrected chi connectivity index (χ1v) is 13.3. The maximum atomic E-state index is 12.7. The Hall–Kier alpha value is -3.03. The van der Waals surface area contributed by atoms with Gasteiger partial charge < -0.3 is 5.32 Å². The number of nitrogens with two attached hydrogens (primary N) is 1. The van der Waals surface area contributed by atoms with Crippen LogP contribution in [0.5, 0.6) is 0 Å². The highest BCUT2D eigenvalue weighted by molar-refractivity contribution is 7.89. The van der Waals surface area contributed by atoms with Gasteiger partial charge in [0.1, 0.15) is 6.54 Å². The molecule has 0 aliphatic rings. The average molecular weight is 497 g/mol. The zero-order valence-electron chi connectivity index (χ0n) is 19.1. The Kier molecular flexibility index (Phi) is 8.58. The summed E-state index contributed by atoms with van der Waals surface area (Å²) in [5.74, 6) is 0.0955. The maximum absolute atomic E-state index is 12.7. The number of nitrogens with zero attached hydrogens (tertiary/aromatic N) is 1. The van der Waals surface area contributed by atoms with Gasteiger partial charge in [0.2, 0.25) is 15.9 Å². The monoisotopic (exact) mass is 496 g/mol. The molecule has 3 aromatic rings. The number of amides is 1. The van der Waals surface area contributed by atoms with Gasteiger partial charge in [-0.15, -0.1) is 0 Å².